The van der Waals surface area contributed by atoms with E-state index in [2.05, 4.69) is 31.2 Å². The summed E-state index contributed by atoms with van der Waals surface area (Å²) < 4.78 is 6.22. The first kappa shape index (κ1) is 28.9. The molecular formula is C31H52O3. The molecule has 2 rings (SSSR count). The second kappa shape index (κ2) is 18.0. The fourth-order valence-corrected chi connectivity index (χ4v) is 5.40. The van der Waals surface area contributed by atoms with Crippen LogP contribution in [0.5, 0.6) is 0 Å². The Labute approximate surface area is 210 Å². The van der Waals surface area contributed by atoms with Crippen LogP contribution in [0.15, 0.2) is 24.3 Å². The Bertz CT molecular complexity index is 620. The standard InChI is InChI=1S/C31H52O3/c1-28-23-19-15-11-7-6-10-14-18-22-26-31(29(32)27-28)25-21-17-13-9-5-3-2-4-8-12-16-20-24-30(33)34-31/h9,13,15,19,28H,2-8,10-12,14,16-18,20-27H2,1H3. The van der Waals surface area contributed by atoms with Crippen LogP contribution in [0.3, 0.4) is 0 Å². The summed E-state index contributed by atoms with van der Waals surface area (Å²) in [5, 5.41) is 0. The molecule has 0 aromatic rings. The van der Waals surface area contributed by atoms with Gasteiger partial charge < -0.3 is 4.74 Å². The quantitative estimate of drug-likeness (QED) is 0.261. The number of Topliss-reactive ketones (excluding diaryl/α,β-unsaturated/α-hetero) is 1. The predicted octanol–water partition coefficient (Wildman–Crippen LogP) is 9.20. The van der Waals surface area contributed by atoms with Gasteiger partial charge >= 0.3 is 5.97 Å². The average Bonchev–Trinajstić information content (AvgIpc) is 2.81. The van der Waals surface area contributed by atoms with E-state index in [9.17, 15) is 9.59 Å². The summed E-state index contributed by atoms with van der Waals surface area (Å²) in [6.07, 6.45) is 32.0. The normalized spacial score (nSPS) is 29.0. The van der Waals surface area contributed by atoms with Gasteiger partial charge in [0.2, 0.25) is 0 Å². The van der Waals surface area contributed by atoms with Crippen molar-refractivity contribution < 1.29 is 14.3 Å². The molecule has 194 valence electrons. The van der Waals surface area contributed by atoms with Gasteiger partial charge in [-0.15, -0.1) is 0 Å². The molecule has 1 spiro atoms. The van der Waals surface area contributed by atoms with E-state index in [1.165, 1.54) is 57.8 Å². The van der Waals surface area contributed by atoms with Crippen LogP contribution in [0.2, 0.25) is 0 Å². The van der Waals surface area contributed by atoms with Gasteiger partial charge in [-0.2, -0.15) is 0 Å². The molecule has 0 saturated carbocycles. The van der Waals surface area contributed by atoms with E-state index in [4.69, 9.17) is 4.74 Å². The van der Waals surface area contributed by atoms with Crippen molar-refractivity contribution in [3.8, 4) is 0 Å². The van der Waals surface area contributed by atoms with Gasteiger partial charge in [-0.3, -0.25) is 9.59 Å². The molecule has 3 heteroatoms. The zero-order valence-electron chi connectivity index (χ0n) is 22.2. The largest absolute Gasteiger partial charge is 0.451 e. The number of carbonyl (C=O) groups is 2. The fraction of sp³-hybridized carbons (Fsp3) is 0.806. The van der Waals surface area contributed by atoms with Crippen LogP contribution < -0.4 is 0 Å². The molecule has 2 unspecified atom stereocenters. The summed E-state index contributed by atoms with van der Waals surface area (Å²) in [6, 6.07) is 0. The van der Waals surface area contributed by atoms with Gasteiger partial charge in [0.05, 0.1) is 0 Å². The van der Waals surface area contributed by atoms with Gasteiger partial charge in [-0.05, 0) is 76.5 Å². The molecule has 1 heterocycles. The summed E-state index contributed by atoms with van der Waals surface area (Å²) in [5.41, 5.74) is -0.920. The summed E-state index contributed by atoms with van der Waals surface area (Å²) in [6.45, 7) is 2.16. The van der Waals surface area contributed by atoms with Crippen LogP contribution in [-0.4, -0.2) is 17.4 Å². The van der Waals surface area contributed by atoms with Gasteiger partial charge in [0.1, 0.15) is 0 Å². The molecule has 34 heavy (non-hydrogen) atoms. The van der Waals surface area contributed by atoms with Crippen molar-refractivity contribution in [3.05, 3.63) is 24.3 Å². The van der Waals surface area contributed by atoms with Crippen molar-refractivity contribution in [3.63, 3.8) is 0 Å². The fourth-order valence-electron chi connectivity index (χ4n) is 5.40. The zero-order chi connectivity index (χ0) is 24.3. The highest BCUT2D eigenvalue weighted by Crippen LogP contribution is 2.32. The third-order valence-corrected chi connectivity index (χ3v) is 7.63. The van der Waals surface area contributed by atoms with Gasteiger partial charge in [-0.25, -0.2) is 0 Å². The molecule has 0 aromatic carbocycles. The monoisotopic (exact) mass is 472 g/mol. The molecule has 1 aliphatic carbocycles. The minimum atomic E-state index is -0.920. The Balaban J connectivity index is 2.15. The van der Waals surface area contributed by atoms with Crippen molar-refractivity contribution in [2.45, 2.75) is 154 Å². The highest BCUT2D eigenvalue weighted by atomic mass is 16.6. The van der Waals surface area contributed by atoms with E-state index in [0.29, 0.717) is 25.7 Å². The van der Waals surface area contributed by atoms with Crippen LogP contribution in [0.25, 0.3) is 0 Å². The third kappa shape index (κ3) is 12.4. The average molecular weight is 473 g/mol. The Morgan fingerprint density at radius 2 is 1.15 bits per heavy atom. The molecule has 0 radical (unpaired) electrons. The van der Waals surface area contributed by atoms with Crippen LogP contribution >= 0.6 is 0 Å². The van der Waals surface area contributed by atoms with Crippen molar-refractivity contribution in [2.75, 3.05) is 0 Å². The lowest BCUT2D eigenvalue weighted by Crippen LogP contribution is -2.44. The summed E-state index contributed by atoms with van der Waals surface area (Å²) in [7, 11) is 0. The molecule has 0 aromatic heterocycles. The molecule has 3 nitrogen and oxygen atoms in total. The predicted molar refractivity (Wildman–Crippen MR) is 143 cm³/mol. The Morgan fingerprint density at radius 1 is 0.647 bits per heavy atom. The second-order valence-electron chi connectivity index (χ2n) is 10.9. The molecule has 2 aliphatic rings. The van der Waals surface area contributed by atoms with Crippen LogP contribution in [0.4, 0.5) is 0 Å². The lowest BCUT2D eigenvalue weighted by Gasteiger charge is -2.33. The lowest BCUT2D eigenvalue weighted by atomic mass is 9.82. The molecule has 2 atom stereocenters. The van der Waals surface area contributed by atoms with E-state index < -0.39 is 5.60 Å². The summed E-state index contributed by atoms with van der Waals surface area (Å²) >= 11 is 0. The van der Waals surface area contributed by atoms with E-state index in [0.717, 1.165) is 57.8 Å². The number of allylic oxidation sites excluding steroid dienone is 4. The molecule has 0 saturated heterocycles. The van der Waals surface area contributed by atoms with Gasteiger partial charge in [-0.1, -0.05) is 89.0 Å². The zero-order valence-corrected chi connectivity index (χ0v) is 22.2. The molecule has 1 aliphatic heterocycles. The SMILES string of the molecule is CC1CC=CCCCCCCCCC2(CCCC=CCCCCCCCCCC(=O)O2)C(=O)C1. The minimum Gasteiger partial charge on any atom is -0.451 e. The van der Waals surface area contributed by atoms with Crippen LogP contribution in [-0.2, 0) is 14.3 Å². The number of ketones is 1. The molecule has 0 amide bonds. The first-order chi connectivity index (χ1) is 16.6. The van der Waals surface area contributed by atoms with E-state index in [-0.39, 0.29) is 17.7 Å². The van der Waals surface area contributed by atoms with Crippen molar-refractivity contribution in [1.82, 2.24) is 0 Å². The third-order valence-electron chi connectivity index (χ3n) is 7.63. The topological polar surface area (TPSA) is 43.4 Å². The molecular weight excluding hydrogens is 420 g/mol. The summed E-state index contributed by atoms with van der Waals surface area (Å²) in [4.78, 5) is 26.7. The lowest BCUT2D eigenvalue weighted by molar-refractivity contribution is -0.170. The molecule has 0 N–H and O–H groups in total. The van der Waals surface area contributed by atoms with Crippen molar-refractivity contribution >= 4 is 11.8 Å². The number of rotatable bonds is 0. The maximum Gasteiger partial charge on any atom is 0.306 e. The highest BCUT2D eigenvalue weighted by molar-refractivity contribution is 5.89. The maximum absolute atomic E-state index is 13.8. The van der Waals surface area contributed by atoms with E-state index >= 15 is 0 Å². The number of ether oxygens (including phenoxy) is 1. The number of hydrogen-bond donors (Lipinski definition) is 0. The number of carbonyl (C=O) groups excluding carboxylic acids is 2. The van der Waals surface area contributed by atoms with Gasteiger partial charge in [0, 0.05) is 12.8 Å². The smallest absolute Gasteiger partial charge is 0.306 e. The number of hydrogen-bond acceptors (Lipinski definition) is 3. The van der Waals surface area contributed by atoms with Crippen molar-refractivity contribution in [1.29, 1.82) is 0 Å². The van der Waals surface area contributed by atoms with Gasteiger partial charge in [0.15, 0.2) is 11.4 Å². The Morgan fingerprint density at radius 3 is 1.82 bits per heavy atom. The second-order valence-corrected chi connectivity index (χ2v) is 10.9. The molecule has 0 fully saturated rings. The Kier molecular flexibility index (Phi) is 15.2. The maximum atomic E-state index is 13.8. The van der Waals surface area contributed by atoms with E-state index in [1.807, 2.05) is 0 Å². The highest BCUT2D eigenvalue weighted by Gasteiger charge is 2.41. The summed E-state index contributed by atoms with van der Waals surface area (Å²) in [5.74, 6) is 0.297. The van der Waals surface area contributed by atoms with Crippen LogP contribution in [0.1, 0.15) is 148 Å². The molecule has 0 bridgehead atoms. The first-order valence-corrected chi connectivity index (χ1v) is 14.7. The van der Waals surface area contributed by atoms with Crippen LogP contribution in [0, 0.1) is 5.92 Å². The van der Waals surface area contributed by atoms with E-state index in [1.54, 1.807) is 0 Å². The number of esters is 1. The minimum absolute atomic E-state index is 0.154. The van der Waals surface area contributed by atoms with Gasteiger partial charge in [0.25, 0.3) is 0 Å². The van der Waals surface area contributed by atoms with Crippen molar-refractivity contribution in [2.24, 2.45) is 5.92 Å². The Hall–Kier alpha value is -1.38. The first-order valence-electron chi connectivity index (χ1n) is 14.7.